The molecule has 0 aliphatic carbocycles. The van der Waals surface area contributed by atoms with Crippen LogP contribution in [0.25, 0.3) is 0 Å². The summed E-state index contributed by atoms with van der Waals surface area (Å²) in [7, 11) is 0. The van der Waals surface area contributed by atoms with E-state index in [0.29, 0.717) is 13.1 Å². The van der Waals surface area contributed by atoms with Crippen molar-refractivity contribution >= 4 is 27.5 Å². The Kier molecular flexibility index (Phi) is 5.96. The standard InChI is InChI=1S/C17H19BrN2O/c1-2-13-5-3-4-6-14(13)11-19-12-17(21)20-16-9-7-15(18)8-10-16/h3-10,19H,2,11-12H2,1H3,(H,20,21). The zero-order valence-electron chi connectivity index (χ0n) is 12.0. The van der Waals surface area contributed by atoms with E-state index in [1.807, 2.05) is 36.4 Å². The molecule has 21 heavy (non-hydrogen) atoms. The number of benzene rings is 2. The number of hydrogen-bond donors (Lipinski definition) is 2. The van der Waals surface area contributed by atoms with Gasteiger partial charge >= 0.3 is 0 Å². The topological polar surface area (TPSA) is 41.1 Å². The number of nitrogens with one attached hydrogen (secondary N) is 2. The Balaban J connectivity index is 1.80. The summed E-state index contributed by atoms with van der Waals surface area (Å²) in [5.41, 5.74) is 3.37. The van der Waals surface area contributed by atoms with Gasteiger partial charge in [0.25, 0.3) is 0 Å². The zero-order chi connectivity index (χ0) is 15.1. The van der Waals surface area contributed by atoms with Crippen molar-refractivity contribution < 1.29 is 4.79 Å². The van der Waals surface area contributed by atoms with Gasteiger partial charge in [-0.1, -0.05) is 47.1 Å². The van der Waals surface area contributed by atoms with E-state index in [1.165, 1.54) is 11.1 Å². The van der Waals surface area contributed by atoms with E-state index < -0.39 is 0 Å². The molecule has 0 saturated heterocycles. The third-order valence-corrected chi connectivity index (χ3v) is 3.76. The minimum atomic E-state index is -0.0358. The molecule has 0 heterocycles. The van der Waals surface area contributed by atoms with Gasteiger partial charge in [-0.2, -0.15) is 0 Å². The molecule has 0 atom stereocenters. The molecule has 0 aliphatic rings. The molecular weight excluding hydrogens is 328 g/mol. The molecule has 4 heteroatoms. The molecule has 0 spiro atoms. The molecule has 0 bridgehead atoms. The molecule has 2 aromatic rings. The first kappa shape index (κ1) is 15.7. The highest BCUT2D eigenvalue weighted by atomic mass is 79.9. The molecular formula is C17H19BrN2O. The Morgan fingerprint density at radius 3 is 2.38 bits per heavy atom. The zero-order valence-corrected chi connectivity index (χ0v) is 13.6. The summed E-state index contributed by atoms with van der Waals surface area (Å²) >= 11 is 3.37. The van der Waals surface area contributed by atoms with Crippen LogP contribution in [0.15, 0.2) is 53.0 Å². The molecule has 110 valence electrons. The van der Waals surface area contributed by atoms with Crippen LogP contribution in [0.5, 0.6) is 0 Å². The van der Waals surface area contributed by atoms with Gasteiger partial charge in [-0.15, -0.1) is 0 Å². The van der Waals surface area contributed by atoms with Crippen molar-refractivity contribution in [2.45, 2.75) is 19.9 Å². The second-order valence-corrected chi connectivity index (χ2v) is 5.70. The van der Waals surface area contributed by atoms with Gasteiger partial charge in [-0.3, -0.25) is 4.79 Å². The van der Waals surface area contributed by atoms with Crippen LogP contribution in [0.3, 0.4) is 0 Å². The van der Waals surface area contributed by atoms with Crippen LogP contribution in [-0.4, -0.2) is 12.5 Å². The summed E-state index contributed by atoms with van der Waals surface area (Å²) in [6, 6.07) is 15.8. The van der Waals surface area contributed by atoms with Gasteiger partial charge in [0.1, 0.15) is 0 Å². The molecule has 0 saturated carbocycles. The number of rotatable bonds is 6. The van der Waals surface area contributed by atoms with Gasteiger partial charge in [0.15, 0.2) is 0 Å². The number of halogens is 1. The second-order valence-electron chi connectivity index (χ2n) is 4.78. The lowest BCUT2D eigenvalue weighted by Crippen LogP contribution is -2.28. The summed E-state index contributed by atoms with van der Waals surface area (Å²) in [6.45, 7) is 3.14. The van der Waals surface area contributed by atoms with Gasteiger partial charge in [-0.05, 0) is 41.8 Å². The van der Waals surface area contributed by atoms with E-state index in [0.717, 1.165) is 16.6 Å². The molecule has 2 rings (SSSR count). The van der Waals surface area contributed by atoms with E-state index in [-0.39, 0.29) is 5.91 Å². The summed E-state index contributed by atoms with van der Waals surface area (Å²) < 4.78 is 0.995. The molecule has 0 aromatic heterocycles. The van der Waals surface area contributed by atoms with E-state index >= 15 is 0 Å². The van der Waals surface area contributed by atoms with Gasteiger partial charge in [0, 0.05) is 16.7 Å². The van der Waals surface area contributed by atoms with Crippen LogP contribution in [0.2, 0.25) is 0 Å². The largest absolute Gasteiger partial charge is 0.325 e. The molecule has 0 fully saturated rings. The van der Waals surface area contributed by atoms with Crippen LogP contribution in [0, 0.1) is 0 Å². The smallest absolute Gasteiger partial charge is 0.238 e. The Labute approximate surface area is 133 Å². The van der Waals surface area contributed by atoms with Crippen molar-refractivity contribution in [3.8, 4) is 0 Å². The quantitative estimate of drug-likeness (QED) is 0.836. The normalized spacial score (nSPS) is 10.4. The third kappa shape index (κ3) is 4.99. The fourth-order valence-electron chi connectivity index (χ4n) is 2.12. The van der Waals surface area contributed by atoms with Crippen molar-refractivity contribution in [2.24, 2.45) is 0 Å². The first-order chi connectivity index (χ1) is 10.2. The van der Waals surface area contributed by atoms with Crippen molar-refractivity contribution in [1.29, 1.82) is 0 Å². The summed E-state index contributed by atoms with van der Waals surface area (Å²) in [5.74, 6) is -0.0358. The van der Waals surface area contributed by atoms with Gasteiger partial charge in [-0.25, -0.2) is 0 Å². The third-order valence-electron chi connectivity index (χ3n) is 3.23. The number of carbonyl (C=O) groups excluding carboxylic acids is 1. The van der Waals surface area contributed by atoms with Crippen molar-refractivity contribution in [2.75, 3.05) is 11.9 Å². The van der Waals surface area contributed by atoms with Crippen molar-refractivity contribution in [1.82, 2.24) is 5.32 Å². The van der Waals surface area contributed by atoms with E-state index in [9.17, 15) is 4.79 Å². The van der Waals surface area contributed by atoms with Gasteiger partial charge in [0.05, 0.1) is 6.54 Å². The molecule has 0 unspecified atom stereocenters. The van der Waals surface area contributed by atoms with Crippen LogP contribution in [-0.2, 0) is 17.8 Å². The van der Waals surface area contributed by atoms with Crippen LogP contribution < -0.4 is 10.6 Å². The summed E-state index contributed by atoms with van der Waals surface area (Å²) in [4.78, 5) is 11.9. The maximum atomic E-state index is 11.9. The molecule has 2 N–H and O–H groups in total. The van der Waals surface area contributed by atoms with E-state index in [1.54, 1.807) is 0 Å². The highest BCUT2D eigenvalue weighted by molar-refractivity contribution is 9.10. The fourth-order valence-corrected chi connectivity index (χ4v) is 2.39. The first-order valence-electron chi connectivity index (χ1n) is 7.02. The number of aryl methyl sites for hydroxylation is 1. The minimum absolute atomic E-state index is 0.0358. The van der Waals surface area contributed by atoms with Crippen molar-refractivity contribution in [3.05, 3.63) is 64.1 Å². The SMILES string of the molecule is CCc1ccccc1CNCC(=O)Nc1ccc(Br)cc1. The molecule has 1 amide bonds. The lowest BCUT2D eigenvalue weighted by atomic mass is 10.1. The average Bonchev–Trinajstić information content (AvgIpc) is 2.50. The molecule has 3 nitrogen and oxygen atoms in total. The second kappa shape index (κ2) is 7.96. The monoisotopic (exact) mass is 346 g/mol. The van der Waals surface area contributed by atoms with Gasteiger partial charge < -0.3 is 10.6 Å². The highest BCUT2D eigenvalue weighted by Gasteiger charge is 2.03. The first-order valence-corrected chi connectivity index (χ1v) is 7.81. The maximum absolute atomic E-state index is 11.9. The lowest BCUT2D eigenvalue weighted by molar-refractivity contribution is -0.115. The summed E-state index contributed by atoms with van der Waals surface area (Å²) in [5, 5.41) is 6.05. The Hall–Kier alpha value is -1.65. The summed E-state index contributed by atoms with van der Waals surface area (Å²) in [6.07, 6.45) is 1.00. The number of hydrogen-bond acceptors (Lipinski definition) is 2. The van der Waals surface area contributed by atoms with Crippen LogP contribution in [0.1, 0.15) is 18.1 Å². The maximum Gasteiger partial charge on any atom is 0.238 e. The van der Waals surface area contributed by atoms with Crippen molar-refractivity contribution in [3.63, 3.8) is 0 Å². The fraction of sp³-hybridized carbons (Fsp3) is 0.235. The Morgan fingerprint density at radius 2 is 1.71 bits per heavy atom. The van der Waals surface area contributed by atoms with E-state index in [4.69, 9.17) is 0 Å². The number of carbonyl (C=O) groups is 1. The van der Waals surface area contributed by atoms with Crippen LogP contribution in [0.4, 0.5) is 5.69 Å². The highest BCUT2D eigenvalue weighted by Crippen LogP contribution is 2.14. The van der Waals surface area contributed by atoms with Crippen LogP contribution >= 0.6 is 15.9 Å². The lowest BCUT2D eigenvalue weighted by Gasteiger charge is -2.09. The molecule has 0 aliphatic heterocycles. The average molecular weight is 347 g/mol. The predicted octanol–water partition coefficient (Wildman–Crippen LogP) is 3.74. The number of anilines is 1. The van der Waals surface area contributed by atoms with Gasteiger partial charge in [0.2, 0.25) is 5.91 Å². The van der Waals surface area contributed by atoms with E-state index in [2.05, 4.69) is 45.6 Å². The number of amides is 1. The molecule has 2 aromatic carbocycles. The Bertz CT molecular complexity index is 596. The minimum Gasteiger partial charge on any atom is -0.325 e. The Morgan fingerprint density at radius 1 is 1.05 bits per heavy atom. The predicted molar refractivity (Wildman–Crippen MR) is 90.3 cm³/mol. The molecule has 0 radical (unpaired) electrons.